The monoisotopic (exact) mass is 317 g/mol. The lowest BCUT2D eigenvalue weighted by molar-refractivity contribution is -0.113. The minimum absolute atomic E-state index is 0.124. The molecule has 0 saturated heterocycles. The molecule has 0 atom stereocenters. The van der Waals surface area contributed by atoms with Gasteiger partial charge in [-0.25, -0.2) is 8.42 Å². The van der Waals surface area contributed by atoms with Crippen molar-refractivity contribution in [2.24, 2.45) is 0 Å². The molecule has 2 rings (SSSR count). The first-order chi connectivity index (χ1) is 10.4. The summed E-state index contributed by atoms with van der Waals surface area (Å²) >= 11 is 0. The maximum atomic E-state index is 12.2. The highest BCUT2D eigenvalue weighted by Crippen LogP contribution is 2.13. The molecule has 0 radical (unpaired) electrons. The summed E-state index contributed by atoms with van der Waals surface area (Å²) in [6, 6.07) is 14.5. The minimum Gasteiger partial charge on any atom is -0.325 e. The van der Waals surface area contributed by atoms with Crippen molar-refractivity contribution in [3.8, 4) is 0 Å². The Balaban J connectivity index is 2.02. The van der Waals surface area contributed by atoms with Crippen molar-refractivity contribution < 1.29 is 13.2 Å². The van der Waals surface area contributed by atoms with E-state index in [-0.39, 0.29) is 5.75 Å². The third kappa shape index (κ3) is 4.70. The van der Waals surface area contributed by atoms with Gasteiger partial charge in [0.05, 0.1) is 5.75 Å². The number of amides is 1. The number of rotatable bonds is 5. The molecule has 2 aromatic rings. The fourth-order valence-electron chi connectivity index (χ4n) is 2.18. The Morgan fingerprint density at radius 2 is 1.77 bits per heavy atom. The predicted octanol–water partition coefficient (Wildman–Crippen LogP) is 2.86. The third-order valence-electron chi connectivity index (χ3n) is 3.29. The van der Waals surface area contributed by atoms with E-state index in [9.17, 15) is 13.2 Å². The zero-order chi connectivity index (χ0) is 16.2. The number of anilines is 1. The van der Waals surface area contributed by atoms with Crippen molar-refractivity contribution in [2.45, 2.75) is 19.6 Å². The van der Waals surface area contributed by atoms with E-state index >= 15 is 0 Å². The van der Waals surface area contributed by atoms with E-state index in [2.05, 4.69) is 5.32 Å². The number of benzene rings is 2. The molecule has 0 bridgehead atoms. The Hall–Kier alpha value is -2.14. The van der Waals surface area contributed by atoms with E-state index < -0.39 is 21.5 Å². The molecule has 116 valence electrons. The van der Waals surface area contributed by atoms with Gasteiger partial charge in [0.2, 0.25) is 5.91 Å². The molecule has 0 saturated carbocycles. The van der Waals surface area contributed by atoms with Crippen molar-refractivity contribution in [1.29, 1.82) is 0 Å². The van der Waals surface area contributed by atoms with Crippen LogP contribution in [-0.2, 0) is 20.4 Å². The van der Waals surface area contributed by atoms with Crippen LogP contribution in [0.2, 0.25) is 0 Å². The Bertz CT molecular complexity index is 782. The van der Waals surface area contributed by atoms with Gasteiger partial charge in [-0.05, 0) is 42.7 Å². The smallest absolute Gasteiger partial charge is 0.239 e. The lowest BCUT2D eigenvalue weighted by Gasteiger charge is -2.08. The molecule has 0 aliphatic carbocycles. The lowest BCUT2D eigenvalue weighted by Crippen LogP contribution is -2.24. The van der Waals surface area contributed by atoms with Crippen LogP contribution in [0.25, 0.3) is 0 Å². The van der Waals surface area contributed by atoms with E-state index in [0.29, 0.717) is 5.69 Å². The van der Waals surface area contributed by atoms with Crippen molar-refractivity contribution in [3.63, 3.8) is 0 Å². The normalized spacial score (nSPS) is 11.2. The van der Waals surface area contributed by atoms with Gasteiger partial charge in [0.1, 0.15) is 5.75 Å². The summed E-state index contributed by atoms with van der Waals surface area (Å²) in [5, 5.41) is 2.62. The van der Waals surface area contributed by atoms with E-state index in [1.54, 1.807) is 24.3 Å². The highest BCUT2D eigenvalue weighted by molar-refractivity contribution is 7.91. The second kappa shape index (κ2) is 6.75. The number of carbonyl (C=O) groups excluding carboxylic acids is 1. The molecule has 0 aliphatic rings. The Morgan fingerprint density at radius 1 is 1.05 bits per heavy atom. The highest BCUT2D eigenvalue weighted by Gasteiger charge is 2.18. The van der Waals surface area contributed by atoms with Crippen LogP contribution in [0.15, 0.2) is 48.5 Å². The summed E-state index contributed by atoms with van der Waals surface area (Å²) in [6.07, 6.45) is 0. The van der Waals surface area contributed by atoms with Gasteiger partial charge in [-0.15, -0.1) is 0 Å². The van der Waals surface area contributed by atoms with Gasteiger partial charge in [-0.1, -0.05) is 36.4 Å². The molecule has 2 aromatic carbocycles. The van der Waals surface area contributed by atoms with Gasteiger partial charge in [0.25, 0.3) is 0 Å². The molecule has 0 heterocycles. The molecule has 4 nitrogen and oxygen atoms in total. The van der Waals surface area contributed by atoms with Crippen LogP contribution in [0.3, 0.4) is 0 Å². The average molecular weight is 317 g/mol. The van der Waals surface area contributed by atoms with Gasteiger partial charge in [-0.2, -0.15) is 0 Å². The summed E-state index contributed by atoms with van der Waals surface area (Å²) in [5.74, 6) is -1.16. The first-order valence-corrected chi connectivity index (χ1v) is 8.79. The summed E-state index contributed by atoms with van der Waals surface area (Å²) in [4.78, 5) is 11.9. The SMILES string of the molecule is Cc1cccc(NC(=O)CS(=O)(=O)Cc2ccccc2C)c1. The molecule has 5 heteroatoms. The summed E-state index contributed by atoms with van der Waals surface area (Å²) in [7, 11) is -3.50. The zero-order valence-electron chi connectivity index (χ0n) is 12.7. The van der Waals surface area contributed by atoms with Crippen molar-refractivity contribution in [3.05, 3.63) is 65.2 Å². The molecule has 0 spiro atoms. The first-order valence-electron chi connectivity index (χ1n) is 6.97. The maximum absolute atomic E-state index is 12.2. The van der Waals surface area contributed by atoms with Crippen LogP contribution >= 0.6 is 0 Å². The molecular formula is C17H19NO3S. The number of nitrogens with one attached hydrogen (secondary N) is 1. The van der Waals surface area contributed by atoms with E-state index in [0.717, 1.165) is 16.7 Å². The van der Waals surface area contributed by atoms with Crippen LogP contribution in [0.1, 0.15) is 16.7 Å². The molecule has 22 heavy (non-hydrogen) atoms. The van der Waals surface area contributed by atoms with E-state index in [1.165, 1.54) is 0 Å². The second-order valence-electron chi connectivity index (χ2n) is 5.38. The number of carbonyl (C=O) groups is 1. The molecule has 1 N–H and O–H groups in total. The molecule has 0 fully saturated rings. The Morgan fingerprint density at radius 3 is 2.45 bits per heavy atom. The van der Waals surface area contributed by atoms with Gasteiger partial charge in [-0.3, -0.25) is 4.79 Å². The topological polar surface area (TPSA) is 63.2 Å². The maximum Gasteiger partial charge on any atom is 0.239 e. The standard InChI is InChI=1S/C17H19NO3S/c1-13-6-5-9-16(10-13)18-17(19)12-22(20,21)11-15-8-4-3-7-14(15)2/h3-10H,11-12H2,1-2H3,(H,18,19). The summed E-state index contributed by atoms with van der Waals surface area (Å²) in [6.45, 7) is 3.77. The Kier molecular flexibility index (Phi) is 4.98. The molecule has 0 aliphatic heterocycles. The van der Waals surface area contributed by atoms with E-state index in [1.807, 2.05) is 38.1 Å². The largest absolute Gasteiger partial charge is 0.325 e. The Labute approximate surface area is 131 Å². The van der Waals surface area contributed by atoms with Gasteiger partial charge in [0.15, 0.2) is 9.84 Å². The summed E-state index contributed by atoms with van der Waals surface area (Å²) < 4.78 is 24.3. The number of aryl methyl sites for hydroxylation is 2. The predicted molar refractivity (Wildman–Crippen MR) is 88.5 cm³/mol. The van der Waals surface area contributed by atoms with Crippen molar-refractivity contribution >= 4 is 21.4 Å². The lowest BCUT2D eigenvalue weighted by atomic mass is 10.1. The summed E-state index contributed by atoms with van der Waals surface area (Å²) in [5.41, 5.74) is 3.24. The van der Waals surface area contributed by atoms with Crippen LogP contribution in [0, 0.1) is 13.8 Å². The van der Waals surface area contributed by atoms with Crippen LogP contribution < -0.4 is 5.32 Å². The van der Waals surface area contributed by atoms with Crippen LogP contribution in [0.5, 0.6) is 0 Å². The van der Waals surface area contributed by atoms with Gasteiger partial charge >= 0.3 is 0 Å². The third-order valence-corrected chi connectivity index (χ3v) is 4.74. The molecule has 1 amide bonds. The first kappa shape index (κ1) is 16.2. The highest BCUT2D eigenvalue weighted by atomic mass is 32.2. The number of hydrogen-bond acceptors (Lipinski definition) is 3. The molecule has 0 aromatic heterocycles. The molecule has 0 unspecified atom stereocenters. The number of hydrogen-bond donors (Lipinski definition) is 1. The second-order valence-corrected chi connectivity index (χ2v) is 7.44. The van der Waals surface area contributed by atoms with Gasteiger partial charge < -0.3 is 5.32 Å². The zero-order valence-corrected chi connectivity index (χ0v) is 13.5. The molecular weight excluding hydrogens is 298 g/mol. The van der Waals surface area contributed by atoms with Crippen LogP contribution in [-0.4, -0.2) is 20.1 Å². The minimum atomic E-state index is -3.50. The number of sulfone groups is 1. The quantitative estimate of drug-likeness (QED) is 0.922. The van der Waals surface area contributed by atoms with E-state index in [4.69, 9.17) is 0 Å². The van der Waals surface area contributed by atoms with Crippen molar-refractivity contribution in [1.82, 2.24) is 0 Å². The van der Waals surface area contributed by atoms with Gasteiger partial charge in [0, 0.05) is 5.69 Å². The van der Waals surface area contributed by atoms with Crippen molar-refractivity contribution in [2.75, 3.05) is 11.1 Å². The average Bonchev–Trinajstić information content (AvgIpc) is 2.40. The fraction of sp³-hybridized carbons (Fsp3) is 0.235. The fourth-order valence-corrected chi connectivity index (χ4v) is 3.55. The van der Waals surface area contributed by atoms with Crippen LogP contribution in [0.4, 0.5) is 5.69 Å².